The largest absolute Gasteiger partial charge is 0.479 e. The number of rotatable bonds is 7. The number of alkyl halides is 2. The molecule has 1 aromatic carbocycles. The second-order valence-electron chi connectivity index (χ2n) is 4.70. The second kappa shape index (κ2) is 7.70. The molecule has 0 radical (unpaired) electrons. The van der Waals surface area contributed by atoms with Crippen LogP contribution in [0.3, 0.4) is 0 Å². The molecule has 2 heterocycles. The second-order valence-corrected chi connectivity index (χ2v) is 5.93. The molecule has 0 aliphatic carbocycles. The molecule has 25 heavy (non-hydrogen) atoms. The number of nitrogens with one attached hydrogen (secondary N) is 2. The first-order chi connectivity index (χ1) is 12.1. The van der Waals surface area contributed by atoms with Crippen molar-refractivity contribution in [2.24, 2.45) is 0 Å². The van der Waals surface area contributed by atoms with Gasteiger partial charge in [0.05, 0.1) is 18.8 Å². The standard InChI is InChI=1S/C14H12ClF2N5O2S/c1-23-12-10(5-18-14(19-12)24-6-11(16)17)22-25-13-8-3-2-7(15)4-9(8)20-21-13/h2-5,11,22H,6H2,1H3,(H,20,21). The minimum atomic E-state index is -2.61. The third-order valence-corrected chi connectivity index (χ3v) is 4.07. The predicted octanol–water partition coefficient (Wildman–Crippen LogP) is 3.78. The maximum Gasteiger partial charge on any atom is 0.320 e. The number of aromatic nitrogens is 4. The molecule has 3 rings (SSSR count). The number of halogens is 3. The van der Waals surface area contributed by atoms with Crippen LogP contribution < -0.4 is 14.2 Å². The van der Waals surface area contributed by atoms with Gasteiger partial charge in [-0.15, -0.1) is 0 Å². The summed E-state index contributed by atoms with van der Waals surface area (Å²) in [5.41, 5.74) is 1.25. The summed E-state index contributed by atoms with van der Waals surface area (Å²) < 4.78 is 37.2. The van der Waals surface area contributed by atoms with Crippen LogP contribution in [-0.2, 0) is 0 Å². The molecular formula is C14H12ClF2N5O2S. The SMILES string of the molecule is COc1nc(OCC(F)F)ncc1NSc1n[nH]c2cc(Cl)ccc12. The molecule has 0 fully saturated rings. The zero-order valence-electron chi connectivity index (χ0n) is 12.8. The molecule has 11 heteroatoms. The lowest BCUT2D eigenvalue weighted by Crippen LogP contribution is -2.09. The van der Waals surface area contributed by atoms with E-state index in [1.54, 1.807) is 12.1 Å². The zero-order chi connectivity index (χ0) is 17.8. The molecule has 0 saturated heterocycles. The van der Waals surface area contributed by atoms with Gasteiger partial charge >= 0.3 is 6.01 Å². The fraction of sp³-hybridized carbons (Fsp3) is 0.214. The molecule has 7 nitrogen and oxygen atoms in total. The van der Waals surface area contributed by atoms with Crippen LogP contribution in [0.25, 0.3) is 10.9 Å². The number of aromatic amines is 1. The summed E-state index contributed by atoms with van der Waals surface area (Å²) in [5.74, 6) is 0.162. The van der Waals surface area contributed by atoms with E-state index in [-0.39, 0.29) is 11.9 Å². The van der Waals surface area contributed by atoms with Crippen molar-refractivity contribution in [1.82, 2.24) is 20.2 Å². The van der Waals surface area contributed by atoms with Crippen molar-refractivity contribution in [2.75, 3.05) is 18.4 Å². The van der Waals surface area contributed by atoms with E-state index in [1.807, 2.05) is 6.07 Å². The number of H-pyrrole nitrogens is 1. The molecule has 0 unspecified atom stereocenters. The number of ether oxygens (including phenoxy) is 2. The topological polar surface area (TPSA) is 84.9 Å². The van der Waals surface area contributed by atoms with Crippen LogP contribution in [0.1, 0.15) is 0 Å². The van der Waals surface area contributed by atoms with Crippen LogP contribution >= 0.6 is 23.5 Å². The molecule has 3 aromatic rings. The summed E-state index contributed by atoms with van der Waals surface area (Å²) in [5, 5.41) is 9.26. The highest BCUT2D eigenvalue weighted by atomic mass is 35.5. The van der Waals surface area contributed by atoms with Gasteiger partial charge in [0.1, 0.15) is 10.7 Å². The number of nitrogens with zero attached hydrogens (tertiary/aromatic N) is 3. The van der Waals surface area contributed by atoms with Gasteiger partial charge in [0.25, 0.3) is 6.43 Å². The van der Waals surface area contributed by atoms with Crippen molar-refractivity contribution in [2.45, 2.75) is 11.5 Å². The number of benzene rings is 1. The summed E-state index contributed by atoms with van der Waals surface area (Å²) in [6.07, 6.45) is -1.23. The molecular weight excluding hydrogens is 376 g/mol. The first kappa shape index (κ1) is 17.5. The zero-order valence-corrected chi connectivity index (χ0v) is 14.4. The van der Waals surface area contributed by atoms with E-state index in [2.05, 4.69) is 24.9 Å². The van der Waals surface area contributed by atoms with E-state index < -0.39 is 13.0 Å². The summed E-state index contributed by atoms with van der Waals surface area (Å²) in [6.45, 7) is -0.785. The Labute approximate surface area is 150 Å². The van der Waals surface area contributed by atoms with Crippen molar-refractivity contribution in [1.29, 1.82) is 0 Å². The van der Waals surface area contributed by atoms with Crippen molar-refractivity contribution in [3.8, 4) is 11.9 Å². The number of hydrogen-bond donors (Lipinski definition) is 2. The highest BCUT2D eigenvalue weighted by Crippen LogP contribution is 2.31. The number of hydrogen-bond acceptors (Lipinski definition) is 7. The molecule has 0 aliphatic heterocycles. The van der Waals surface area contributed by atoms with Crippen LogP contribution in [-0.4, -0.2) is 40.3 Å². The van der Waals surface area contributed by atoms with E-state index in [4.69, 9.17) is 21.1 Å². The Hall–Kier alpha value is -2.33. The summed E-state index contributed by atoms with van der Waals surface area (Å²) in [4.78, 5) is 7.79. The quantitative estimate of drug-likeness (QED) is 0.597. The normalized spacial score (nSPS) is 11.1. The van der Waals surface area contributed by atoms with Crippen molar-refractivity contribution >= 4 is 40.1 Å². The molecule has 0 saturated carbocycles. The van der Waals surface area contributed by atoms with E-state index in [1.165, 1.54) is 25.3 Å². The Morgan fingerprint density at radius 2 is 2.24 bits per heavy atom. The third kappa shape index (κ3) is 4.20. The Morgan fingerprint density at radius 1 is 1.40 bits per heavy atom. The molecule has 132 valence electrons. The van der Waals surface area contributed by atoms with Gasteiger partial charge in [-0.2, -0.15) is 10.1 Å². The summed E-state index contributed by atoms with van der Waals surface area (Å²) >= 11 is 7.15. The van der Waals surface area contributed by atoms with E-state index in [0.717, 1.165) is 10.9 Å². The van der Waals surface area contributed by atoms with Gasteiger partial charge in [-0.25, -0.2) is 13.8 Å². The van der Waals surface area contributed by atoms with Crippen molar-refractivity contribution < 1.29 is 18.3 Å². The average molecular weight is 388 g/mol. The number of fused-ring (bicyclic) bond motifs is 1. The summed E-state index contributed by atoms with van der Waals surface area (Å²) in [7, 11) is 1.40. The molecule has 0 aliphatic rings. The van der Waals surface area contributed by atoms with Crippen LogP contribution in [0.4, 0.5) is 14.5 Å². The van der Waals surface area contributed by atoms with Crippen LogP contribution in [0.5, 0.6) is 11.9 Å². The minimum Gasteiger partial charge on any atom is -0.479 e. The highest BCUT2D eigenvalue weighted by Gasteiger charge is 2.13. The van der Waals surface area contributed by atoms with Crippen molar-refractivity contribution in [3.63, 3.8) is 0 Å². The first-order valence-electron chi connectivity index (χ1n) is 6.95. The van der Waals surface area contributed by atoms with E-state index in [9.17, 15) is 8.78 Å². The van der Waals surface area contributed by atoms with Crippen molar-refractivity contribution in [3.05, 3.63) is 29.4 Å². The summed E-state index contributed by atoms with van der Waals surface area (Å²) in [6, 6.07) is 5.20. The average Bonchev–Trinajstić information content (AvgIpc) is 3.00. The Morgan fingerprint density at radius 3 is 3.00 bits per heavy atom. The number of anilines is 1. The Balaban J connectivity index is 1.73. The lowest BCUT2D eigenvalue weighted by Gasteiger charge is -2.10. The minimum absolute atomic E-state index is 0.162. The maximum absolute atomic E-state index is 12.2. The third-order valence-electron chi connectivity index (χ3n) is 3.01. The lowest BCUT2D eigenvalue weighted by molar-refractivity contribution is 0.0766. The molecule has 2 N–H and O–H groups in total. The van der Waals surface area contributed by atoms with E-state index >= 15 is 0 Å². The molecule has 2 aromatic heterocycles. The van der Waals surface area contributed by atoms with Gasteiger partial charge in [0.15, 0.2) is 6.61 Å². The molecule has 0 bridgehead atoms. The smallest absolute Gasteiger partial charge is 0.320 e. The predicted molar refractivity (Wildman–Crippen MR) is 90.7 cm³/mol. The van der Waals surface area contributed by atoms with Crippen LogP contribution in [0, 0.1) is 0 Å². The maximum atomic E-state index is 12.2. The monoisotopic (exact) mass is 387 g/mol. The van der Waals surface area contributed by atoms with Gasteiger partial charge < -0.3 is 14.2 Å². The Kier molecular flexibility index (Phi) is 5.39. The van der Waals surface area contributed by atoms with Gasteiger partial charge in [-0.1, -0.05) is 11.6 Å². The van der Waals surface area contributed by atoms with Gasteiger partial charge in [-0.05, 0) is 18.2 Å². The number of methoxy groups -OCH3 is 1. The Bertz CT molecular complexity index is 880. The van der Waals surface area contributed by atoms with E-state index in [0.29, 0.717) is 15.7 Å². The van der Waals surface area contributed by atoms with Gasteiger partial charge in [-0.3, -0.25) is 5.10 Å². The van der Waals surface area contributed by atoms with Crippen LogP contribution in [0.15, 0.2) is 29.4 Å². The molecule has 0 spiro atoms. The van der Waals surface area contributed by atoms with Gasteiger partial charge in [0, 0.05) is 22.4 Å². The van der Waals surface area contributed by atoms with Crippen LogP contribution in [0.2, 0.25) is 5.02 Å². The van der Waals surface area contributed by atoms with Gasteiger partial charge in [0.2, 0.25) is 5.88 Å². The molecule has 0 atom stereocenters. The highest BCUT2D eigenvalue weighted by molar-refractivity contribution is 8.00. The first-order valence-corrected chi connectivity index (χ1v) is 8.14. The molecule has 0 amide bonds. The fourth-order valence-corrected chi connectivity index (χ4v) is 2.83. The fourth-order valence-electron chi connectivity index (χ4n) is 1.93. The lowest BCUT2D eigenvalue weighted by atomic mass is 10.3.